The molecule has 0 aliphatic carbocycles. The van der Waals surface area contributed by atoms with Crippen molar-refractivity contribution >= 4 is 23.7 Å². The monoisotopic (exact) mass is 257 g/mol. The van der Waals surface area contributed by atoms with Crippen LogP contribution in [0.2, 0.25) is 5.02 Å². The Hall–Kier alpha value is -1.75. The molecule has 92 valence electrons. The molecular weight excluding hydrogens is 246 g/mol. The normalized spacial score (nSPS) is 9.59. The lowest BCUT2D eigenvalue weighted by atomic mass is 10.1. The highest BCUT2D eigenvalue weighted by atomic mass is 35.5. The first-order valence-electron chi connectivity index (χ1n) is 4.77. The molecule has 0 radical (unpaired) electrons. The number of hydrogen-bond donors (Lipinski definition) is 1. The molecule has 1 amide bonds. The van der Waals surface area contributed by atoms with E-state index in [-0.39, 0.29) is 6.54 Å². The van der Waals surface area contributed by atoms with E-state index in [4.69, 9.17) is 11.6 Å². The van der Waals surface area contributed by atoms with E-state index in [0.717, 1.165) is 0 Å². The van der Waals surface area contributed by atoms with E-state index in [1.54, 1.807) is 18.2 Å². The van der Waals surface area contributed by atoms with Crippen molar-refractivity contribution in [3.05, 3.63) is 34.3 Å². The molecule has 1 aromatic carbocycles. The third-order valence-corrected chi connectivity index (χ3v) is 2.44. The molecule has 0 saturated carbocycles. The number of hydrogen-bond acceptors (Lipinski definition) is 4. The van der Waals surface area contributed by atoms with Crippen molar-refractivity contribution in [3.63, 3.8) is 0 Å². The molecule has 17 heavy (non-hydrogen) atoms. The molecule has 1 N–H and O–H groups in total. The second-order valence-electron chi connectivity index (χ2n) is 3.14. The Kier molecular flexibility index (Phi) is 4.78. The SMILES string of the molecule is COC(=O)NCc1cc(C(=O)OC)ccc1Cl. The fourth-order valence-corrected chi connectivity index (χ4v) is 1.38. The molecule has 0 fully saturated rings. The largest absolute Gasteiger partial charge is 0.465 e. The summed E-state index contributed by atoms with van der Waals surface area (Å²) in [6.07, 6.45) is -0.565. The molecule has 0 atom stereocenters. The van der Waals surface area contributed by atoms with Gasteiger partial charge in [-0.05, 0) is 23.8 Å². The zero-order chi connectivity index (χ0) is 12.8. The van der Waals surface area contributed by atoms with Crippen LogP contribution in [0.3, 0.4) is 0 Å². The van der Waals surface area contributed by atoms with Crippen LogP contribution >= 0.6 is 11.6 Å². The van der Waals surface area contributed by atoms with Gasteiger partial charge in [-0.3, -0.25) is 0 Å². The van der Waals surface area contributed by atoms with Gasteiger partial charge in [0.2, 0.25) is 0 Å². The number of carbonyl (C=O) groups excluding carboxylic acids is 2. The van der Waals surface area contributed by atoms with Gasteiger partial charge < -0.3 is 14.8 Å². The van der Waals surface area contributed by atoms with Crippen molar-refractivity contribution < 1.29 is 19.1 Å². The van der Waals surface area contributed by atoms with Gasteiger partial charge in [-0.15, -0.1) is 0 Å². The number of rotatable bonds is 3. The Morgan fingerprint density at radius 2 is 2.00 bits per heavy atom. The van der Waals surface area contributed by atoms with Crippen molar-refractivity contribution in [2.75, 3.05) is 14.2 Å². The summed E-state index contributed by atoms with van der Waals surface area (Å²) in [4.78, 5) is 22.2. The summed E-state index contributed by atoms with van der Waals surface area (Å²) in [5, 5.41) is 2.93. The summed E-state index contributed by atoms with van der Waals surface area (Å²) in [6.45, 7) is 0.177. The first-order valence-corrected chi connectivity index (χ1v) is 5.15. The van der Waals surface area contributed by atoms with Crippen LogP contribution in [0.15, 0.2) is 18.2 Å². The lowest BCUT2D eigenvalue weighted by Gasteiger charge is -2.07. The molecule has 0 aromatic heterocycles. The van der Waals surface area contributed by atoms with Crippen LogP contribution < -0.4 is 5.32 Å². The zero-order valence-electron chi connectivity index (χ0n) is 9.45. The minimum absolute atomic E-state index is 0.177. The number of amides is 1. The van der Waals surface area contributed by atoms with Gasteiger partial charge in [-0.2, -0.15) is 0 Å². The maximum Gasteiger partial charge on any atom is 0.407 e. The van der Waals surface area contributed by atoms with Crippen LogP contribution in [0.1, 0.15) is 15.9 Å². The van der Waals surface area contributed by atoms with Gasteiger partial charge in [-0.1, -0.05) is 11.6 Å². The zero-order valence-corrected chi connectivity index (χ0v) is 10.2. The maximum atomic E-state index is 11.3. The summed E-state index contributed by atoms with van der Waals surface area (Å²) in [5.41, 5.74) is 0.985. The molecule has 0 bridgehead atoms. The second-order valence-corrected chi connectivity index (χ2v) is 3.55. The van der Waals surface area contributed by atoms with Crippen LogP contribution in [0, 0.1) is 0 Å². The number of esters is 1. The Labute approximate surface area is 104 Å². The Morgan fingerprint density at radius 3 is 2.59 bits per heavy atom. The molecule has 0 saturated heterocycles. The number of alkyl carbamates (subject to hydrolysis) is 1. The average molecular weight is 258 g/mol. The number of ether oxygens (including phenoxy) is 2. The van der Waals surface area contributed by atoms with E-state index < -0.39 is 12.1 Å². The van der Waals surface area contributed by atoms with Crippen molar-refractivity contribution in [1.82, 2.24) is 5.32 Å². The number of halogens is 1. The minimum Gasteiger partial charge on any atom is -0.465 e. The highest BCUT2D eigenvalue weighted by Crippen LogP contribution is 2.18. The van der Waals surface area contributed by atoms with E-state index in [2.05, 4.69) is 14.8 Å². The third kappa shape index (κ3) is 3.64. The average Bonchev–Trinajstić information content (AvgIpc) is 2.36. The van der Waals surface area contributed by atoms with Crippen LogP contribution in [0.5, 0.6) is 0 Å². The summed E-state index contributed by atoms with van der Waals surface area (Å²) in [5.74, 6) is -0.457. The number of benzene rings is 1. The van der Waals surface area contributed by atoms with E-state index in [9.17, 15) is 9.59 Å². The number of methoxy groups -OCH3 is 2. The Bertz CT molecular complexity index is 433. The molecule has 0 unspecified atom stereocenters. The van der Waals surface area contributed by atoms with Gasteiger partial charge in [0, 0.05) is 11.6 Å². The van der Waals surface area contributed by atoms with Gasteiger partial charge in [0.1, 0.15) is 0 Å². The topological polar surface area (TPSA) is 64.6 Å². The summed E-state index contributed by atoms with van der Waals surface area (Å²) in [7, 11) is 2.56. The smallest absolute Gasteiger partial charge is 0.407 e. The summed E-state index contributed by atoms with van der Waals surface area (Å²) >= 11 is 5.93. The first-order chi connectivity index (χ1) is 8.08. The maximum absolute atomic E-state index is 11.3. The van der Waals surface area contributed by atoms with Crippen LogP contribution in [-0.4, -0.2) is 26.3 Å². The van der Waals surface area contributed by atoms with Crippen LogP contribution in [0.4, 0.5) is 4.79 Å². The lowest BCUT2D eigenvalue weighted by molar-refractivity contribution is 0.0600. The van der Waals surface area contributed by atoms with Crippen LogP contribution in [-0.2, 0) is 16.0 Å². The number of carbonyl (C=O) groups is 2. The van der Waals surface area contributed by atoms with E-state index in [1.165, 1.54) is 14.2 Å². The third-order valence-electron chi connectivity index (χ3n) is 2.08. The molecule has 1 aromatic rings. The standard InChI is InChI=1S/C11H12ClNO4/c1-16-10(14)7-3-4-9(12)8(5-7)6-13-11(15)17-2/h3-5H,6H2,1-2H3,(H,13,15). The predicted octanol–water partition coefficient (Wildman–Crippen LogP) is 1.98. The van der Waals surface area contributed by atoms with E-state index in [1.807, 2.05) is 0 Å². The van der Waals surface area contributed by atoms with Crippen molar-refractivity contribution in [2.24, 2.45) is 0 Å². The van der Waals surface area contributed by atoms with Gasteiger partial charge >= 0.3 is 12.1 Å². The molecule has 0 aliphatic heterocycles. The highest BCUT2D eigenvalue weighted by molar-refractivity contribution is 6.31. The fourth-order valence-electron chi connectivity index (χ4n) is 1.19. The lowest BCUT2D eigenvalue weighted by Crippen LogP contribution is -2.22. The summed E-state index contributed by atoms with van der Waals surface area (Å²) < 4.78 is 9.01. The van der Waals surface area contributed by atoms with Gasteiger partial charge in [0.15, 0.2) is 0 Å². The molecule has 1 rings (SSSR count). The molecule has 6 heteroatoms. The minimum atomic E-state index is -0.565. The highest BCUT2D eigenvalue weighted by Gasteiger charge is 2.09. The molecule has 5 nitrogen and oxygen atoms in total. The Balaban J connectivity index is 2.83. The van der Waals surface area contributed by atoms with Gasteiger partial charge in [0.25, 0.3) is 0 Å². The Morgan fingerprint density at radius 1 is 1.29 bits per heavy atom. The molecule has 0 heterocycles. The van der Waals surface area contributed by atoms with Crippen molar-refractivity contribution in [1.29, 1.82) is 0 Å². The summed E-state index contributed by atoms with van der Waals surface area (Å²) in [6, 6.07) is 4.68. The van der Waals surface area contributed by atoms with Crippen molar-refractivity contribution in [3.8, 4) is 0 Å². The molecule has 0 spiro atoms. The predicted molar refractivity (Wildman–Crippen MR) is 62.0 cm³/mol. The fraction of sp³-hybridized carbons (Fsp3) is 0.273. The molecule has 0 aliphatic rings. The first kappa shape index (κ1) is 13.3. The molecular formula is C11H12ClNO4. The quantitative estimate of drug-likeness (QED) is 0.841. The van der Waals surface area contributed by atoms with E-state index >= 15 is 0 Å². The van der Waals surface area contributed by atoms with Gasteiger partial charge in [0.05, 0.1) is 19.8 Å². The van der Waals surface area contributed by atoms with Crippen molar-refractivity contribution in [2.45, 2.75) is 6.54 Å². The van der Waals surface area contributed by atoms with Crippen LogP contribution in [0.25, 0.3) is 0 Å². The number of nitrogens with one attached hydrogen (secondary N) is 1. The van der Waals surface area contributed by atoms with Gasteiger partial charge in [-0.25, -0.2) is 9.59 Å². The van der Waals surface area contributed by atoms with E-state index in [0.29, 0.717) is 16.1 Å². The second kappa shape index (κ2) is 6.10.